The van der Waals surface area contributed by atoms with E-state index >= 15 is 0 Å². The first-order chi connectivity index (χ1) is 11.0. The van der Waals surface area contributed by atoms with Crippen LogP contribution in [0, 0.1) is 4.77 Å². The lowest BCUT2D eigenvalue weighted by Crippen LogP contribution is -2.36. The van der Waals surface area contributed by atoms with Crippen LogP contribution in [0.15, 0.2) is 24.3 Å². The highest BCUT2D eigenvalue weighted by Gasteiger charge is 2.09. The van der Waals surface area contributed by atoms with Crippen LogP contribution in [-0.4, -0.2) is 84.4 Å². The Morgan fingerprint density at radius 2 is 1.70 bits per heavy atom. The molecule has 2 rings (SSSR count). The average Bonchev–Trinajstić information content (AvgIpc) is 2.93. The van der Waals surface area contributed by atoms with Crippen LogP contribution < -0.4 is 4.90 Å². The van der Waals surface area contributed by atoms with Crippen molar-refractivity contribution in [2.75, 3.05) is 59.3 Å². The summed E-state index contributed by atoms with van der Waals surface area (Å²) in [7, 11) is 8.37. The van der Waals surface area contributed by atoms with Crippen LogP contribution in [0.4, 0.5) is 5.69 Å². The zero-order chi connectivity index (χ0) is 16.8. The van der Waals surface area contributed by atoms with Crippen LogP contribution in [0.25, 0.3) is 5.69 Å². The summed E-state index contributed by atoms with van der Waals surface area (Å²) in [5.41, 5.74) is 2.11. The molecule has 2 aromatic rings. The maximum absolute atomic E-state index is 5.18. The number of anilines is 1. The molecule has 126 valence electrons. The Morgan fingerprint density at radius 3 is 2.22 bits per heavy atom. The number of nitrogens with one attached hydrogen (secondary N) is 1. The quantitative estimate of drug-likeness (QED) is 0.733. The molecule has 0 fully saturated rings. The fourth-order valence-electron chi connectivity index (χ4n) is 2.21. The summed E-state index contributed by atoms with van der Waals surface area (Å²) in [4.78, 5) is 6.78. The minimum atomic E-state index is 0.426. The van der Waals surface area contributed by atoms with Crippen molar-refractivity contribution in [1.29, 1.82) is 0 Å². The number of aromatic nitrogens is 4. The van der Waals surface area contributed by atoms with Gasteiger partial charge in [0.05, 0.1) is 5.69 Å². The predicted molar refractivity (Wildman–Crippen MR) is 95.9 cm³/mol. The fourth-order valence-corrected chi connectivity index (χ4v) is 2.39. The van der Waals surface area contributed by atoms with Crippen LogP contribution in [0.2, 0.25) is 0 Å². The predicted octanol–water partition coefficient (Wildman–Crippen LogP) is 1.25. The molecule has 1 heterocycles. The summed E-state index contributed by atoms with van der Waals surface area (Å²) in [6, 6.07) is 8.27. The van der Waals surface area contributed by atoms with Gasteiger partial charge in [0.2, 0.25) is 4.77 Å². The SMILES string of the molecule is CN(C)CCN(CCN(C)C)c1cccc(-n2[nH]nnc2=S)c1. The average molecular weight is 335 g/mol. The first-order valence-corrected chi connectivity index (χ1v) is 8.03. The molecule has 0 aliphatic rings. The van der Waals surface area contributed by atoms with Crippen molar-refractivity contribution in [3.05, 3.63) is 29.0 Å². The highest BCUT2D eigenvalue weighted by atomic mass is 32.1. The van der Waals surface area contributed by atoms with E-state index < -0.39 is 0 Å². The molecular weight excluding hydrogens is 310 g/mol. The molecule has 0 unspecified atom stereocenters. The molecule has 0 bridgehead atoms. The topological polar surface area (TPSA) is 56.2 Å². The fraction of sp³-hybridized carbons (Fsp3) is 0.533. The summed E-state index contributed by atoms with van der Waals surface area (Å²) in [6.07, 6.45) is 0. The van der Waals surface area contributed by atoms with Gasteiger partial charge in [-0.25, -0.2) is 4.68 Å². The van der Waals surface area contributed by atoms with E-state index in [0.717, 1.165) is 31.9 Å². The third-order valence-electron chi connectivity index (χ3n) is 3.56. The third kappa shape index (κ3) is 5.12. The van der Waals surface area contributed by atoms with Crippen molar-refractivity contribution in [2.24, 2.45) is 0 Å². The minimum Gasteiger partial charge on any atom is -0.369 e. The monoisotopic (exact) mass is 335 g/mol. The Balaban J connectivity index is 2.23. The van der Waals surface area contributed by atoms with E-state index in [2.05, 4.69) is 70.5 Å². The number of nitrogens with zero attached hydrogens (tertiary/aromatic N) is 6. The molecule has 0 saturated carbocycles. The molecule has 7 nitrogen and oxygen atoms in total. The summed E-state index contributed by atoms with van der Waals surface area (Å²) < 4.78 is 2.13. The largest absolute Gasteiger partial charge is 0.369 e. The normalized spacial score (nSPS) is 11.4. The molecule has 0 atom stereocenters. The van der Waals surface area contributed by atoms with Gasteiger partial charge in [-0.3, -0.25) is 0 Å². The molecule has 0 spiro atoms. The van der Waals surface area contributed by atoms with Gasteiger partial charge in [-0.05, 0) is 58.6 Å². The Hall–Kier alpha value is -1.77. The number of rotatable bonds is 8. The second-order valence-corrected chi connectivity index (χ2v) is 6.40. The van der Waals surface area contributed by atoms with Crippen LogP contribution in [0.1, 0.15) is 0 Å². The van der Waals surface area contributed by atoms with Gasteiger partial charge in [-0.15, -0.1) is 0 Å². The number of tetrazole rings is 1. The second kappa shape index (κ2) is 8.19. The van der Waals surface area contributed by atoms with Gasteiger partial charge in [0, 0.05) is 31.9 Å². The lowest BCUT2D eigenvalue weighted by atomic mass is 10.2. The first kappa shape index (κ1) is 17.6. The number of H-pyrrole nitrogens is 1. The van der Waals surface area contributed by atoms with Gasteiger partial charge in [-0.2, -0.15) is 5.21 Å². The van der Waals surface area contributed by atoms with Crippen LogP contribution in [0.5, 0.6) is 0 Å². The van der Waals surface area contributed by atoms with Crippen molar-refractivity contribution in [3.8, 4) is 5.69 Å². The maximum Gasteiger partial charge on any atom is 0.242 e. The Labute approximate surface area is 142 Å². The molecule has 0 radical (unpaired) electrons. The Bertz CT molecular complexity index is 650. The lowest BCUT2D eigenvalue weighted by Gasteiger charge is -2.28. The summed E-state index contributed by atoms with van der Waals surface area (Å²) >= 11 is 5.18. The molecule has 1 aromatic carbocycles. The molecule has 23 heavy (non-hydrogen) atoms. The number of hydrogen-bond donors (Lipinski definition) is 1. The number of hydrogen-bond acceptors (Lipinski definition) is 6. The van der Waals surface area contributed by atoms with E-state index in [1.807, 2.05) is 12.1 Å². The number of aromatic amines is 1. The van der Waals surface area contributed by atoms with Crippen LogP contribution >= 0.6 is 12.2 Å². The van der Waals surface area contributed by atoms with Gasteiger partial charge in [0.1, 0.15) is 0 Å². The number of likely N-dealkylation sites (N-methyl/N-ethyl adjacent to an activating group) is 2. The first-order valence-electron chi connectivity index (χ1n) is 7.62. The van der Waals surface area contributed by atoms with Crippen molar-refractivity contribution in [2.45, 2.75) is 0 Å². The molecule has 0 saturated heterocycles. The summed E-state index contributed by atoms with van der Waals surface area (Å²) in [5, 5.41) is 10.4. The number of benzene rings is 1. The molecule has 1 N–H and O–H groups in total. The van der Waals surface area contributed by atoms with Crippen molar-refractivity contribution in [1.82, 2.24) is 30.0 Å². The van der Waals surface area contributed by atoms with Crippen molar-refractivity contribution >= 4 is 17.9 Å². The standard InChI is InChI=1S/C15H25N7S/c1-19(2)8-10-21(11-9-20(3)4)13-6-5-7-14(12-13)22-15(23)16-17-18-22/h5-7,12H,8-11H2,1-4H3,(H,16,18,23). The molecule has 8 heteroatoms. The highest BCUT2D eigenvalue weighted by molar-refractivity contribution is 7.71. The van der Waals surface area contributed by atoms with Gasteiger partial charge in [-0.1, -0.05) is 16.4 Å². The minimum absolute atomic E-state index is 0.426. The molecular formula is C15H25N7S. The van der Waals surface area contributed by atoms with Crippen molar-refractivity contribution < 1.29 is 0 Å². The lowest BCUT2D eigenvalue weighted by molar-refractivity contribution is 0.391. The molecule has 0 amide bonds. The van der Waals surface area contributed by atoms with E-state index in [9.17, 15) is 0 Å². The van der Waals surface area contributed by atoms with E-state index in [1.54, 1.807) is 4.68 Å². The maximum atomic E-state index is 5.18. The van der Waals surface area contributed by atoms with E-state index in [1.165, 1.54) is 5.69 Å². The Morgan fingerprint density at radius 1 is 1.04 bits per heavy atom. The Kier molecular flexibility index (Phi) is 6.26. The van der Waals surface area contributed by atoms with Gasteiger partial charge >= 0.3 is 0 Å². The van der Waals surface area contributed by atoms with Gasteiger partial charge in [0.15, 0.2) is 0 Å². The molecule has 0 aliphatic heterocycles. The third-order valence-corrected chi connectivity index (χ3v) is 3.82. The van der Waals surface area contributed by atoms with E-state index in [4.69, 9.17) is 12.2 Å². The van der Waals surface area contributed by atoms with Crippen LogP contribution in [0.3, 0.4) is 0 Å². The van der Waals surface area contributed by atoms with E-state index in [0.29, 0.717) is 4.77 Å². The summed E-state index contributed by atoms with van der Waals surface area (Å²) in [6.45, 7) is 3.94. The van der Waals surface area contributed by atoms with Gasteiger partial charge in [0.25, 0.3) is 0 Å². The highest BCUT2D eigenvalue weighted by Crippen LogP contribution is 2.18. The second-order valence-electron chi connectivity index (χ2n) is 6.03. The van der Waals surface area contributed by atoms with Gasteiger partial charge < -0.3 is 14.7 Å². The van der Waals surface area contributed by atoms with Crippen LogP contribution in [-0.2, 0) is 0 Å². The summed E-state index contributed by atoms with van der Waals surface area (Å²) in [5.74, 6) is 0. The molecule has 1 aromatic heterocycles. The smallest absolute Gasteiger partial charge is 0.242 e. The van der Waals surface area contributed by atoms with E-state index in [-0.39, 0.29) is 0 Å². The van der Waals surface area contributed by atoms with Crippen molar-refractivity contribution in [3.63, 3.8) is 0 Å². The zero-order valence-electron chi connectivity index (χ0n) is 14.2. The zero-order valence-corrected chi connectivity index (χ0v) is 15.0. The molecule has 0 aliphatic carbocycles.